The van der Waals surface area contributed by atoms with Crippen molar-refractivity contribution in [3.05, 3.63) is 59.2 Å². The molecule has 1 spiro atoms. The van der Waals surface area contributed by atoms with E-state index in [2.05, 4.69) is 56.3 Å². The van der Waals surface area contributed by atoms with Crippen LogP contribution in [0.1, 0.15) is 50.7 Å². The van der Waals surface area contributed by atoms with Gasteiger partial charge in [0.2, 0.25) is 0 Å². The maximum absolute atomic E-state index is 2.46. The molecule has 0 aliphatic heterocycles. The molecule has 0 N–H and O–H groups in total. The third-order valence-corrected chi connectivity index (χ3v) is 5.67. The van der Waals surface area contributed by atoms with E-state index in [1.165, 1.54) is 42.4 Å². The van der Waals surface area contributed by atoms with E-state index in [1.807, 2.05) is 0 Å². The predicted molar refractivity (Wildman–Crippen MR) is 87.1 cm³/mol. The smallest absolute Gasteiger partial charge is 0.0243 e. The van der Waals surface area contributed by atoms with Gasteiger partial charge in [-0.3, -0.25) is 0 Å². The average Bonchev–Trinajstić information content (AvgIpc) is 3.02. The van der Waals surface area contributed by atoms with Gasteiger partial charge in [0, 0.05) is 6.84 Å². The number of fused-ring (bicyclic) bond motifs is 5. The monoisotopic (exact) mass is 264 g/mol. The summed E-state index contributed by atoms with van der Waals surface area (Å²) in [6.07, 6.45) is 5.39. The van der Waals surface area contributed by atoms with Crippen molar-refractivity contribution in [3.63, 3.8) is 0 Å². The fourth-order valence-electron chi connectivity index (χ4n) is 4.85. The van der Waals surface area contributed by atoms with E-state index < -0.39 is 0 Å². The molecular weight excluding hydrogens is 240 g/mol. The molecular formula is C20H24. The zero-order chi connectivity index (χ0) is 13.7. The van der Waals surface area contributed by atoms with E-state index in [9.17, 15) is 0 Å². The van der Waals surface area contributed by atoms with Crippen LogP contribution < -0.4 is 0 Å². The fraction of sp³-hybridized carbons (Fsp3) is 0.400. The summed E-state index contributed by atoms with van der Waals surface area (Å²) in [5.74, 6) is 0.812. The second kappa shape index (κ2) is 4.22. The molecule has 1 saturated carbocycles. The summed E-state index contributed by atoms with van der Waals surface area (Å²) in [5.41, 5.74) is 7.91. The van der Waals surface area contributed by atoms with Crippen molar-refractivity contribution < 1.29 is 1.43 Å². The van der Waals surface area contributed by atoms with E-state index >= 15 is 0 Å². The van der Waals surface area contributed by atoms with Gasteiger partial charge < -0.3 is 0 Å². The standard InChI is InChI=1S/C20H22.H2/c1-3-15-7-6-12-20(15)18-9-5-4-8-16(18)17-11-10-14(2)13-19(17)20;/h4-5,8-11,13,15H,3,6-7,12H2,1-2H3;1H. The SMILES string of the molecule is CCC1CCCC12c1ccccc1-c1ccc(C)cc12.[HH]. The zero-order valence-electron chi connectivity index (χ0n) is 12.4. The van der Waals surface area contributed by atoms with Crippen LogP contribution in [0, 0.1) is 12.8 Å². The molecule has 20 heavy (non-hydrogen) atoms. The second-order valence-electron chi connectivity index (χ2n) is 6.56. The number of hydrogen-bond acceptors (Lipinski definition) is 0. The van der Waals surface area contributed by atoms with Gasteiger partial charge in [0.25, 0.3) is 0 Å². The number of hydrogen-bond donors (Lipinski definition) is 0. The molecule has 0 heteroatoms. The summed E-state index contributed by atoms with van der Waals surface area (Å²) in [6.45, 7) is 4.60. The Morgan fingerprint density at radius 3 is 2.75 bits per heavy atom. The number of aryl methyl sites for hydroxylation is 1. The molecule has 1 fully saturated rings. The quantitative estimate of drug-likeness (QED) is 0.618. The highest BCUT2D eigenvalue weighted by Gasteiger charge is 2.50. The first kappa shape index (κ1) is 12.2. The lowest BCUT2D eigenvalue weighted by atomic mass is 9.69. The van der Waals surface area contributed by atoms with Crippen LogP contribution in [0.4, 0.5) is 0 Å². The molecule has 0 amide bonds. The summed E-state index contributed by atoms with van der Waals surface area (Å²) in [6, 6.07) is 16.2. The summed E-state index contributed by atoms with van der Waals surface area (Å²) in [5, 5.41) is 0. The Hall–Kier alpha value is -1.56. The van der Waals surface area contributed by atoms with Crippen LogP contribution in [0.3, 0.4) is 0 Å². The molecule has 0 aromatic heterocycles. The van der Waals surface area contributed by atoms with Crippen LogP contribution in [0.5, 0.6) is 0 Å². The van der Waals surface area contributed by atoms with Gasteiger partial charge in [-0.05, 0) is 47.9 Å². The molecule has 0 radical (unpaired) electrons. The first-order valence-electron chi connectivity index (χ1n) is 7.98. The third kappa shape index (κ3) is 1.37. The lowest BCUT2D eigenvalue weighted by Gasteiger charge is -2.34. The van der Waals surface area contributed by atoms with Crippen LogP contribution in [0.2, 0.25) is 0 Å². The van der Waals surface area contributed by atoms with Crippen molar-refractivity contribution in [2.45, 2.75) is 44.9 Å². The van der Waals surface area contributed by atoms with Crippen molar-refractivity contribution in [1.82, 2.24) is 0 Å². The largest absolute Gasteiger partial charge is 0.0651 e. The van der Waals surface area contributed by atoms with Gasteiger partial charge in [-0.25, -0.2) is 0 Å². The number of rotatable bonds is 1. The molecule has 2 aliphatic rings. The fourth-order valence-corrected chi connectivity index (χ4v) is 4.85. The second-order valence-corrected chi connectivity index (χ2v) is 6.56. The van der Waals surface area contributed by atoms with Crippen molar-refractivity contribution in [3.8, 4) is 11.1 Å². The van der Waals surface area contributed by atoms with Gasteiger partial charge >= 0.3 is 0 Å². The Morgan fingerprint density at radius 2 is 1.90 bits per heavy atom. The van der Waals surface area contributed by atoms with Gasteiger partial charge in [0.1, 0.15) is 0 Å². The van der Waals surface area contributed by atoms with Crippen LogP contribution in [-0.2, 0) is 5.41 Å². The molecule has 0 saturated heterocycles. The summed E-state index contributed by atoms with van der Waals surface area (Å²) in [7, 11) is 0. The molecule has 104 valence electrons. The third-order valence-electron chi connectivity index (χ3n) is 5.67. The van der Waals surface area contributed by atoms with E-state index in [0.29, 0.717) is 5.41 Å². The molecule has 2 aromatic carbocycles. The number of benzene rings is 2. The Bertz CT molecular complexity index is 673. The summed E-state index contributed by atoms with van der Waals surface area (Å²) >= 11 is 0. The van der Waals surface area contributed by atoms with E-state index in [4.69, 9.17) is 0 Å². The minimum atomic E-state index is 0. The first-order valence-corrected chi connectivity index (χ1v) is 7.98. The maximum Gasteiger partial charge on any atom is 0.0243 e. The van der Waals surface area contributed by atoms with Gasteiger partial charge in [0.05, 0.1) is 0 Å². The highest BCUT2D eigenvalue weighted by molar-refractivity contribution is 5.81. The highest BCUT2D eigenvalue weighted by atomic mass is 14.5. The Morgan fingerprint density at radius 1 is 1.10 bits per heavy atom. The van der Waals surface area contributed by atoms with Gasteiger partial charge in [0.15, 0.2) is 0 Å². The van der Waals surface area contributed by atoms with Gasteiger partial charge in [-0.2, -0.15) is 0 Å². The first-order chi connectivity index (χ1) is 9.77. The molecule has 0 bridgehead atoms. The molecule has 0 nitrogen and oxygen atoms in total. The lowest BCUT2D eigenvalue weighted by Crippen LogP contribution is -2.29. The molecule has 2 aliphatic carbocycles. The van der Waals surface area contributed by atoms with E-state index in [-0.39, 0.29) is 1.43 Å². The van der Waals surface area contributed by atoms with Crippen LogP contribution >= 0.6 is 0 Å². The minimum absolute atomic E-state index is 0. The van der Waals surface area contributed by atoms with Crippen molar-refractivity contribution in [2.24, 2.45) is 5.92 Å². The lowest BCUT2D eigenvalue weighted by molar-refractivity contribution is 0.371. The van der Waals surface area contributed by atoms with Gasteiger partial charge in [-0.1, -0.05) is 67.8 Å². The van der Waals surface area contributed by atoms with Gasteiger partial charge in [-0.15, -0.1) is 0 Å². The van der Waals surface area contributed by atoms with Crippen LogP contribution in [-0.4, -0.2) is 0 Å². The average molecular weight is 264 g/mol. The topological polar surface area (TPSA) is 0 Å². The van der Waals surface area contributed by atoms with E-state index in [1.54, 1.807) is 11.1 Å². The van der Waals surface area contributed by atoms with Crippen molar-refractivity contribution >= 4 is 0 Å². The molecule has 2 aromatic rings. The van der Waals surface area contributed by atoms with Crippen molar-refractivity contribution in [2.75, 3.05) is 0 Å². The summed E-state index contributed by atoms with van der Waals surface area (Å²) in [4.78, 5) is 0. The van der Waals surface area contributed by atoms with Crippen LogP contribution in [0.25, 0.3) is 11.1 Å². The molecule has 2 unspecified atom stereocenters. The normalized spacial score (nSPS) is 26.8. The molecule has 0 heterocycles. The molecule has 2 atom stereocenters. The maximum atomic E-state index is 2.46. The summed E-state index contributed by atoms with van der Waals surface area (Å²) < 4.78 is 0. The molecule has 4 rings (SSSR count). The predicted octanol–water partition coefficient (Wildman–Crippen LogP) is 5.72. The van der Waals surface area contributed by atoms with Crippen LogP contribution in [0.15, 0.2) is 42.5 Å². The van der Waals surface area contributed by atoms with Crippen molar-refractivity contribution in [1.29, 1.82) is 0 Å². The Kier molecular flexibility index (Phi) is 2.57. The Labute approximate surface area is 123 Å². The highest BCUT2D eigenvalue weighted by Crippen LogP contribution is 2.60. The minimum Gasteiger partial charge on any atom is -0.0651 e. The zero-order valence-corrected chi connectivity index (χ0v) is 12.4. The Balaban J connectivity index is 0.00000132. The van der Waals surface area contributed by atoms with E-state index in [0.717, 1.165) is 5.92 Å².